The van der Waals surface area contributed by atoms with Crippen LogP contribution in [-0.2, 0) is 4.79 Å². The first kappa shape index (κ1) is 17.2. The van der Waals surface area contributed by atoms with Crippen LogP contribution in [0.25, 0.3) is 0 Å². The highest BCUT2D eigenvalue weighted by atomic mass is 32.1. The van der Waals surface area contributed by atoms with Gasteiger partial charge in [0.15, 0.2) is 0 Å². The van der Waals surface area contributed by atoms with Crippen molar-refractivity contribution in [3.63, 3.8) is 0 Å². The van der Waals surface area contributed by atoms with Crippen molar-refractivity contribution >= 4 is 34.2 Å². The highest BCUT2D eigenvalue weighted by Crippen LogP contribution is 2.26. The molecule has 0 unspecified atom stereocenters. The maximum atomic E-state index is 12.3. The monoisotopic (exact) mass is 358 g/mol. The molecule has 0 bridgehead atoms. The van der Waals surface area contributed by atoms with E-state index in [1.54, 1.807) is 24.3 Å². The average Bonchev–Trinajstić information content (AvgIpc) is 3.15. The van der Waals surface area contributed by atoms with E-state index in [-0.39, 0.29) is 12.5 Å². The van der Waals surface area contributed by atoms with Crippen molar-refractivity contribution in [2.24, 2.45) is 0 Å². The molecule has 1 aliphatic rings. The number of nitrogens with zero attached hydrogens (tertiary/aromatic N) is 3. The SMILES string of the molecule is CCC[C@H](C)c1nnc(NC(=O)CN2C(=O)c3ccccc3C2=O)s1. The maximum Gasteiger partial charge on any atom is 0.262 e. The van der Waals surface area contributed by atoms with Crippen LogP contribution in [-0.4, -0.2) is 39.4 Å². The third kappa shape index (κ3) is 3.43. The van der Waals surface area contributed by atoms with Crippen molar-refractivity contribution in [3.8, 4) is 0 Å². The van der Waals surface area contributed by atoms with Gasteiger partial charge in [-0.1, -0.05) is 43.7 Å². The molecule has 0 spiro atoms. The summed E-state index contributed by atoms with van der Waals surface area (Å²) in [5.74, 6) is -1.10. The number of hydrogen-bond donors (Lipinski definition) is 1. The lowest BCUT2D eigenvalue weighted by Crippen LogP contribution is -2.37. The molecule has 1 N–H and O–H groups in total. The molecule has 7 nitrogen and oxygen atoms in total. The van der Waals surface area contributed by atoms with Crippen LogP contribution in [0.15, 0.2) is 24.3 Å². The molecule has 0 radical (unpaired) electrons. The van der Waals surface area contributed by atoms with Gasteiger partial charge in [-0.15, -0.1) is 10.2 Å². The van der Waals surface area contributed by atoms with E-state index in [2.05, 4.69) is 29.4 Å². The van der Waals surface area contributed by atoms with E-state index in [1.807, 2.05) is 0 Å². The lowest BCUT2D eigenvalue weighted by Gasteiger charge is -2.12. The summed E-state index contributed by atoms with van der Waals surface area (Å²) in [6.45, 7) is 3.82. The van der Waals surface area contributed by atoms with Gasteiger partial charge in [-0.3, -0.25) is 24.6 Å². The number of carbonyl (C=O) groups is 3. The summed E-state index contributed by atoms with van der Waals surface area (Å²) in [5, 5.41) is 11.9. The smallest absolute Gasteiger partial charge is 0.262 e. The van der Waals surface area contributed by atoms with Crippen LogP contribution >= 0.6 is 11.3 Å². The molecule has 0 fully saturated rings. The average molecular weight is 358 g/mol. The van der Waals surface area contributed by atoms with Gasteiger partial charge in [-0.2, -0.15) is 0 Å². The van der Waals surface area contributed by atoms with Crippen LogP contribution in [0.3, 0.4) is 0 Å². The van der Waals surface area contributed by atoms with E-state index in [0.717, 1.165) is 22.7 Å². The maximum absolute atomic E-state index is 12.3. The first-order valence-corrected chi connectivity index (χ1v) is 8.91. The molecule has 0 saturated carbocycles. The van der Waals surface area contributed by atoms with Crippen molar-refractivity contribution in [2.45, 2.75) is 32.6 Å². The van der Waals surface area contributed by atoms with E-state index < -0.39 is 17.7 Å². The minimum atomic E-state index is -0.472. The second kappa shape index (κ2) is 7.10. The van der Waals surface area contributed by atoms with Gasteiger partial charge in [0.05, 0.1) is 11.1 Å². The number of nitrogens with one attached hydrogen (secondary N) is 1. The van der Waals surface area contributed by atoms with Crippen LogP contribution in [0.4, 0.5) is 5.13 Å². The molecular weight excluding hydrogens is 340 g/mol. The number of anilines is 1. The third-order valence-corrected chi connectivity index (χ3v) is 5.08. The largest absolute Gasteiger partial charge is 0.299 e. The molecule has 3 rings (SSSR count). The molecule has 1 atom stereocenters. The normalized spacial score (nSPS) is 14.6. The molecule has 1 aliphatic heterocycles. The van der Waals surface area contributed by atoms with Crippen LogP contribution in [0.5, 0.6) is 0 Å². The Balaban J connectivity index is 1.64. The topological polar surface area (TPSA) is 92.3 Å². The second-order valence-corrected chi connectivity index (χ2v) is 6.93. The molecule has 0 aliphatic carbocycles. The molecule has 8 heteroatoms. The molecule has 130 valence electrons. The van der Waals surface area contributed by atoms with Gasteiger partial charge in [0, 0.05) is 5.92 Å². The zero-order chi connectivity index (χ0) is 18.0. The van der Waals surface area contributed by atoms with E-state index in [1.165, 1.54) is 11.3 Å². The number of amides is 3. The predicted octanol–water partition coefficient (Wildman–Crippen LogP) is 2.68. The molecular formula is C17H18N4O3S. The first-order valence-electron chi connectivity index (χ1n) is 8.09. The Morgan fingerprint density at radius 3 is 2.44 bits per heavy atom. The molecule has 2 heterocycles. The van der Waals surface area contributed by atoms with Crippen LogP contribution in [0.2, 0.25) is 0 Å². The number of fused-ring (bicyclic) bond motifs is 1. The Morgan fingerprint density at radius 1 is 1.20 bits per heavy atom. The molecule has 0 saturated heterocycles. The third-order valence-electron chi connectivity index (χ3n) is 4.01. The highest BCUT2D eigenvalue weighted by Gasteiger charge is 2.36. The van der Waals surface area contributed by atoms with E-state index in [9.17, 15) is 14.4 Å². The lowest BCUT2D eigenvalue weighted by molar-refractivity contribution is -0.116. The minimum absolute atomic E-state index is 0.282. The predicted molar refractivity (Wildman–Crippen MR) is 93.7 cm³/mol. The Labute approximate surface area is 149 Å². The summed E-state index contributed by atoms with van der Waals surface area (Å²) in [6, 6.07) is 6.54. The van der Waals surface area contributed by atoms with Crippen molar-refractivity contribution in [1.82, 2.24) is 15.1 Å². The molecule has 1 aromatic heterocycles. The number of imide groups is 1. The van der Waals surface area contributed by atoms with Crippen LogP contribution in [0, 0.1) is 0 Å². The quantitative estimate of drug-likeness (QED) is 0.802. The second-order valence-electron chi connectivity index (χ2n) is 5.93. The Kier molecular flexibility index (Phi) is 4.89. The minimum Gasteiger partial charge on any atom is -0.299 e. The highest BCUT2D eigenvalue weighted by molar-refractivity contribution is 7.15. The van der Waals surface area contributed by atoms with E-state index in [0.29, 0.717) is 16.3 Å². The zero-order valence-corrected chi connectivity index (χ0v) is 14.8. The molecule has 3 amide bonds. The summed E-state index contributed by atoms with van der Waals surface area (Å²) in [5.41, 5.74) is 0.652. The number of hydrogen-bond acceptors (Lipinski definition) is 6. The Morgan fingerprint density at radius 2 is 1.84 bits per heavy atom. The van der Waals surface area contributed by atoms with Gasteiger partial charge in [-0.25, -0.2) is 0 Å². The number of carbonyl (C=O) groups excluding carboxylic acids is 3. The fourth-order valence-corrected chi connectivity index (χ4v) is 3.57. The van der Waals surface area contributed by atoms with Gasteiger partial charge >= 0.3 is 0 Å². The van der Waals surface area contributed by atoms with Gasteiger partial charge in [0.25, 0.3) is 11.8 Å². The van der Waals surface area contributed by atoms with Crippen molar-refractivity contribution in [2.75, 3.05) is 11.9 Å². The fraction of sp³-hybridized carbons (Fsp3) is 0.353. The van der Waals surface area contributed by atoms with Gasteiger partial charge in [-0.05, 0) is 18.6 Å². The summed E-state index contributed by atoms with van der Waals surface area (Å²) in [7, 11) is 0. The van der Waals surface area contributed by atoms with Crippen molar-refractivity contribution < 1.29 is 14.4 Å². The van der Waals surface area contributed by atoms with Crippen molar-refractivity contribution in [3.05, 3.63) is 40.4 Å². The summed E-state index contributed by atoms with van der Waals surface area (Å²) < 4.78 is 0. The van der Waals surface area contributed by atoms with Gasteiger partial charge in [0.1, 0.15) is 11.6 Å². The summed E-state index contributed by atoms with van der Waals surface area (Å²) in [4.78, 5) is 37.7. The molecule has 1 aromatic carbocycles. The van der Waals surface area contributed by atoms with Crippen LogP contribution in [0.1, 0.15) is 58.3 Å². The zero-order valence-electron chi connectivity index (χ0n) is 14.0. The van der Waals surface area contributed by atoms with E-state index in [4.69, 9.17) is 0 Å². The van der Waals surface area contributed by atoms with E-state index >= 15 is 0 Å². The summed E-state index contributed by atoms with van der Waals surface area (Å²) >= 11 is 1.31. The number of benzene rings is 1. The first-order chi connectivity index (χ1) is 12.0. The fourth-order valence-electron chi connectivity index (χ4n) is 2.73. The number of aromatic nitrogens is 2. The lowest BCUT2D eigenvalue weighted by atomic mass is 10.1. The standard InChI is InChI=1S/C17H18N4O3S/c1-3-6-10(2)14-19-20-17(25-14)18-13(22)9-21-15(23)11-7-4-5-8-12(11)16(21)24/h4-5,7-8,10H,3,6,9H2,1-2H3,(H,18,20,22)/t10-/m0/s1. The Hall–Kier alpha value is -2.61. The molecule has 25 heavy (non-hydrogen) atoms. The summed E-state index contributed by atoms with van der Waals surface area (Å²) in [6.07, 6.45) is 2.04. The van der Waals surface area contributed by atoms with Gasteiger partial charge in [0.2, 0.25) is 11.0 Å². The number of rotatable bonds is 6. The molecule has 2 aromatic rings. The van der Waals surface area contributed by atoms with Gasteiger partial charge < -0.3 is 0 Å². The Bertz CT molecular complexity index is 798. The van der Waals surface area contributed by atoms with Crippen LogP contribution < -0.4 is 5.32 Å². The van der Waals surface area contributed by atoms with Crippen molar-refractivity contribution in [1.29, 1.82) is 0 Å².